The number of furan rings is 1. The van der Waals surface area contributed by atoms with E-state index in [1.54, 1.807) is 24.3 Å². The van der Waals surface area contributed by atoms with E-state index in [-0.39, 0.29) is 11.7 Å². The molecule has 112 valence electrons. The molecule has 0 saturated carbocycles. The summed E-state index contributed by atoms with van der Waals surface area (Å²) in [6.45, 7) is 3.79. The van der Waals surface area contributed by atoms with E-state index in [9.17, 15) is 9.59 Å². The van der Waals surface area contributed by atoms with Gasteiger partial charge in [-0.1, -0.05) is 25.4 Å². The maximum Gasteiger partial charge on any atom is 0.326 e. The number of carbonyl (C=O) groups excluding carboxylic acids is 1. The monoisotopic (exact) mass is 309 g/mol. The van der Waals surface area contributed by atoms with Crippen molar-refractivity contribution in [2.75, 3.05) is 0 Å². The number of aliphatic carboxylic acids is 1. The second kappa shape index (κ2) is 6.18. The second-order valence-electron chi connectivity index (χ2n) is 5.29. The van der Waals surface area contributed by atoms with Gasteiger partial charge in [0, 0.05) is 10.4 Å². The van der Waals surface area contributed by atoms with E-state index in [2.05, 4.69) is 5.32 Å². The molecule has 2 rings (SSSR count). The topological polar surface area (TPSA) is 79.5 Å². The zero-order chi connectivity index (χ0) is 15.6. The summed E-state index contributed by atoms with van der Waals surface area (Å²) in [7, 11) is 0. The number of amides is 1. The minimum atomic E-state index is -1.06. The molecule has 0 bridgehead atoms. The molecule has 2 aromatic rings. The fraction of sp³-hybridized carbons (Fsp3) is 0.333. The highest BCUT2D eigenvalue weighted by molar-refractivity contribution is 6.31. The zero-order valence-electron chi connectivity index (χ0n) is 11.7. The van der Waals surface area contributed by atoms with Crippen LogP contribution in [0.3, 0.4) is 0 Å². The second-order valence-corrected chi connectivity index (χ2v) is 5.72. The Bertz CT molecular complexity index is 677. The van der Waals surface area contributed by atoms with Crippen molar-refractivity contribution < 1.29 is 19.1 Å². The number of carboxylic acid groups (broad SMARTS) is 1. The van der Waals surface area contributed by atoms with E-state index in [0.717, 1.165) is 0 Å². The molecule has 1 aromatic heterocycles. The number of halogens is 1. The molecule has 6 heteroatoms. The van der Waals surface area contributed by atoms with Gasteiger partial charge in [0.05, 0.1) is 0 Å². The highest BCUT2D eigenvalue weighted by Gasteiger charge is 2.23. The van der Waals surface area contributed by atoms with Gasteiger partial charge in [-0.3, -0.25) is 4.79 Å². The van der Waals surface area contributed by atoms with Crippen LogP contribution < -0.4 is 5.32 Å². The lowest BCUT2D eigenvalue weighted by molar-refractivity contribution is -0.139. The van der Waals surface area contributed by atoms with Crippen LogP contribution in [0.2, 0.25) is 5.02 Å². The summed E-state index contributed by atoms with van der Waals surface area (Å²) in [4.78, 5) is 23.3. The Morgan fingerprint density at radius 3 is 2.67 bits per heavy atom. The number of nitrogens with one attached hydrogen (secondary N) is 1. The van der Waals surface area contributed by atoms with Crippen LogP contribution in [0.4, 0.5) is 0 Å². The summed E-state index contributed by atoms with van der Waals surface area (Å²) in [5, 5.41) is 12.8. The lowest BCUT2D eigenvalue weighted by Crippen LogP contribution is -2.41. The molecule has 5 nitrogen and oxygen atoms in total. The first kappa shape index (κ1) is 15.4. The Balaban J connectivity index is 2.19. The fourth-order valence-corrected chi connectivity index (χ4v) is 2.23. The van der Waals surface area contributed by atoms with Gasteiger partial charge in [0.15, 0.2) is 5.76 Å². The van der Waals surface area contributed by atoms with Gasteiger partial charge >= 0.3 is 5.97 Å². The van der Waals surface area contributed by atoms with Crippen molar-refractivity contribution in [2.45, 2.75) is 26.3 Å². The molecular formula is C15H16ClNO4. The smallest absolute Gasteiger partial charge is 0.326 e. The van der Waals surface area contributed by atoms with Crippen molar-refractivity contribution in [3.63, 3.8) is 0 Å². The van der Waals surface area contributed by atoms with E-state index in [4.69, 9.17) is 21.1 Å². The maximum atomic E-state index is 12.1. The number of rotatable bonds is 5. The Morgan fingerprint density at radius 2 is 2.05 bits per heavy atom. The minimum Gasteiger partial charge on any atom is -0.480 e. The number of carboxylic acids is 1. The molecule has 1 aromatic carbocycles. The molecule has 0 spiro atoms. The Kier molecular flexibility index (Phi) is 4.53. The molecule has 0 aliphatic heterocycles. The Morgan fingerprint density at radius 1 is 1.33 bits per heavy atom. The van der Waals surface area contributed by atoms with Crippen molar-refractivity contribution in [2.24, 2.45) is 5.92 Å². The van der Waals surface area contributed by atoms with Gasteiger partial charge in [0.2, 0.25) is 0 Å². The van der Waals surface area contributed by atoms with Crippen LogP contribution >= 0.6 is 11.6 Å². The first-order valence-corrected chi connectivity index (χ1v) is 6.97. The maximum absolute atomic E-state index is 12.1. The third-order valence-electron chi connectivity index (χ3n) is 3.01. The van der Waals surface area contributed by atoms with Crippen LogP contribution in [0.25, 0.3) is 11.0 Å². The van der Waals surface area contributed by atoms with E-state index in [1.165, 1.54) is 0 Å². The van der Waals surface area contributed by atoms with Gasteiger partial charge in [0.25, 0.3) is 5.91 Å². The van der Waals surface area contributed by atoms with E-state index in [0.29, 0.717) is 22.4 Å². The summed E-state index contributed by atoms with van der Waals surface area (Å²) in [6, 6.07) is 5.62. The van der Waals surface area contributed by atoms with Gasteiger partial charge in [-0.05, 0) is 36.6 Å². The molecule has 1 amide bonds. The quantitative estimate of drug-likeness (QED) is 0.888. The zero-order valence-corrected chi connectivity index (χ0v) is 12.5. The van der Waals surface area contributed by atoms with Gasteiger partial charge in [0.1, 0.15) is 11.6 Å². The van der Waals surface area contributed by atoms with Crippen LogP contribution in [0.1, 0.15) is 30.8 Å². The highest BCUT2D eigenvalue weighted by Crippen LogP contribution is 2.23. The van der Waals surface area contributed by atoms with Crippen LogP contribution in [-0.2, 0) is 4.79 Å². The van der Waals surface area contributed by atoms with Gasteiger partial charge < -0.3 is 14.8 Å². The summed E-state index contributed by atoms with van der Waals surface area (Å²) in [6.07, 6.45) is 0.354. The number of carbonyl (C=O) groups is 2. The van der Waals surface area contributed by atoms with Crippen molar-refractivity contribution >= 4 is 34.4 Å². The van der Waals surface area contributed by atoms with Crippen LogP contribution in [0, 0.1) is 5.92 Å². The standard InChI is InChI=1S/C15H16ClNO4/c1-8(2)5-11(15(19)20)17-14(18)13-7-9-6-10(16)3-4-12(9)21-13/h3-4,6-8,11H,5H2,1-2H3,(H,17,18)(H,19,20). The molecule has 0 radical (unpaired) electrons. The fourth-order valence-electron chi connectivity index (χ4n) is 2.05. The summed E-state index contributed by atoms with van der Waals surface area (Å²) in [5.74, 6) is -1.38. The SMILES string of the molecule is CC(C)CC(NC(=O)c1cc2cc(Cl)ccc2o1)C(=O)O. The number of hydrogen-bond donors (Lipinski definition) is 2. The average molecular weight is 310 g/mol. The Labute approximate surface area is 126 Å². The van der Waals surface area contributed by atoms with E-state index >= 15 is 0 Å². The first-order valence-electron chi connectivity index (χ1n) is 6.59. The third-order valence-corrected chi connectivity index (χ3v) is 3.25. The largest absolute Gasteiger partial charge is 0.480 e. The summed E-state index contributed by atoms with van der Waals surface area (Å²) >= 11 is 5.87. The van der Waals surface area contributed by atoms with Gasteiger partial charge in [-0.2, -0.15) is 0 Å². The molecule has 0 aliphatic carbocycles. The molecule has 1 atom stereocenters. The predicted octanol–water partition coefficient (Wildman–Crippen LogP) is 3.32. The molecule has 1 unspecified atom stereocenters. The molecule has 2 N–H and O–H groups in total. The van der Waals surface area contributed by atoms with Crippen LogP contribution in [-0.4, -0.2) is 23.0 Å². The summed E-state index contributed by atoms with van der Waals surface area (Å²) in [5.41, 5.74) is 0.528. The van der Waals surface area contributed by atoms with Gasteiger partial charge in [-0.25, -0.2) is 4.79 Å². The van der Waals surface area contributed by atoms with E-state index in [1.807, 2.05) is 13.8 Å². The molecular weight excluding hydrogens is 294 g/mol. The van der Waals surface area contributed by atoms with Crippen molar-refractivity contribution in [3.8, 4) is 0 Å². The van der Waals surface area contributed by atoms with Crippen molar-refractivity contribution in [3.05, 3.63) is 35.0 Å². The average Bonchev–Trinajstić information content (AvgIpc) is 2.80. The lowest BCUT2D eigenvalue weighted by Gasteiger charge is -2.15. The van der Waals surface area contributed by atoms with Crippen molar-refractivity contribution in [1.29, 1.82) is 0 Å². The third kappa shape index (κ3) is 3.76. The molecule has 0 fully saturated rings. The predicted molar refractivity (Wildman–Crippen MR) is 79.6 cm³/mol. The molecule has 0 aliphatic rings. The van der Waals surface area contributed by atoms with Gasteiger partial charge in [-0.15, -0.1) is 0 Å². The van der Waals surface area contributed by atoms with Crippen LogP contribution in [0.15, 0.2) is 28.7 Å². The highest BCUT2D eigenvalue weighted by atomic mass is 35.5. The number of fused-ring (bicyclic) bond motifs is 1. The molecule has 21 heavy (non-hydrogen) atoms. The first-order chi connectivity index (χ1) is 9.86. The minimum absolute atomic E-state index is 0.0715. The Hall–Kier alpha value is -2.01. The lowest BCUT2D eigenvalue weighted by atomic mass is 10.0. The summed E-state index contributed by atoms with van der Waals surface area (Å²) < 4.78 is 5.41. The van der Waals surface area contributed by atoms with Crippen LogP contribution in [0.5, 0.6) is 0 Å². The number of benzene rings is 1. The van der Waals surface area contributed by atoms with Crippen molar-refractivity contribution in [1.82, 2.24) is 5.32 Å². The number of hydrogen-bond acceptors (Lipinski definition) is 3. The molecule has 0 saturated heterocycles. The normalized spacial score (nSPS) is 12.6. The van der Waals surface area contributed by atoms with E-state index < -0.39 is 17.9 Å². The molecule has 1 heterocycles.